The fraction of sp³-hybridized carbons (Fsp3) is 0.417. The molecule has 0 unspecified atom stereocenters. The molecule has 0 aromatic heterocycles. The number of hydrogen-bond donors (Lipinski definition) is 1. The van der Waals surface area contributed by atoms with Crippen molar-refractivity contribution in [2.45, 2.75) is 33.6 Å². The quantitative estimate of drug-likeness (QED) is 0.730. The van der Waals surface area contributed by atoms with Crippen molar-refractivity contribution in [1.29, 1.82) is 0 Å². The highest BCUT2D eigenvalue weighted by Gasteiger charge is 2.20. The first-order valence-corrected chi connectivity index (χ1v) is 4.60. The molecule has 1 aliphatic rings. The highest BCUT2D eigenvalue weighted by molar-refractivity contribution is 5.99. The number of fused-ring (bicyclic) bond motifs is 1. The summed E-state index contributed by atoms with van der Waals surface area (Å²) in [4.78, 5) is 11.2. The van der Waals surface area contributed by atoms with Crippen molar-refractivity contribution in [3.05, 3.63) is 29.3 Å². The second-order valence-electron chi connectivity index (χ2n) is 3.75. The van der Waals surface area contributed by atoms with Gasteiger partial charge < -0.3 is 5.32 Å². The fourth-order valence-electron chi connectivity index (χ4n) is 1.81. The van der Waals surface area contributed by atoms with Gasteiger partial charge in [0.1, 0.15) is 0 Å². The fourth-order valence-corrected chi connectivity index (χ4v) is 1.81. The maximum Gasteiger partial charge on any atom is 0.228 e. The molecule has 1 N–H and O–H groups in total. The van der Waals surface area contributed by atoms with Crippen molar-refractivity contribution in [2.75, 3.05) is 5.32 Å². The Balaban J connectivity index is 0.000000531. The van der Waals surface area contributed by atoms with E-state index in [9.17, 15) is 4.79 Å². The van der Waals surface area contributed by atoms with Gasteiger partial charge in [0, 0.05) is 7.06 Å². The van der Waals surface area contributed by atoms with Crippen LogP contribution in [-0.4, -0.2) is 5.91 Å². The molecule has 1 amide bonds. The van der Waals surface area contributed by atoms with Crippen LogP contribution in [0.3, 0.4) is 0 Å². The molecule has 76 valence electrons. The molecule has 0 bridgehead atoms. The van der Waals surface area contributed by atoms with Crippen LogP contribution in [-0.2, 0) is 11.2 Å². The lowest BCUT2D eigenvalue weighted by molar-refractivity contribution is -0.115. The molecular formula is C12H17NO. The molecule has 0 atom stereocenters. The third-order valence-corrected chi connectivity index (χ3v) is 2.45. The summed E-state index contributed by atoms with van der Waals surface area (Å²) in [5, 5.41) is 2.85. The Morgan fingerprint density at radius 2 is 2.21 bits per heavy atom. The summed E-state index contributed by atoms with van der Waals surface area (Å²) >= 11 is 0. The monoisotopic (exact) mass is 193 g/mol. The summed E-state index contributed by atoms with van der Waals surface area (Å²) < 4.78 is 5.75. The third-order valence-electron chi connectivity index (χ3n) is 2.45. The van der Waals surface area contributed by atoms with Gasteiger partial charge in [-0.2, -0.15) is 0 Å². The maximum atomic E-state index is 11.2. The first kappa shape index (κ1) is 9.25. The molecule has 2 nitrogen and oxygen atoms in total. The van der Waals surface area contributed by atoms with E-state index in [1.165, 1.54) is 18.5 Å². The lowest BCUT2D eigenvalue weighted by Gasteiger charge is -2.09. The molecule has 1 heterocycles. The number of rotatable bonds is 1. The molecule has 2 heteroatoms. The first-order valence-electron chi connectivity index (χ1n) is 5.60. The predicted molar refractivity (Wildman–Crippen MR) is 59.6 cm³/mol. The summed E-state index contributed by atoms with van der Waals surface area (Å²) in [5.74, 6) is 0.603. The van der Waals surface area contributed by atoms with Crippen LogP contribution in [0.5, 0.6) is 0 Å². The number of hydrogen-bond acceptors (Lipinski definition) is 1. The zero-order chi connectivity index (χ0) is 11.4. The van der Waals surface area contributed by atoms with E-state index in [-0.39, 0.29) is 5.91 Å². The molecule has 0 aliphatic carbocycles. The van der Waals surface area contributed by atoms with Crippen LogP contribution in [0.25, 0.3) is 0 Å². The minimum absolute atomic E-state index is 0.114. The van der Waals surface area contributed by atoms with Gasteiger partial charge in [-0.15, -0.1) is 0 Å². The SMILES string of the molecule is CC(C)c1cccc2c1CC(=O)N2.[3H]C. The van der Waals surface area contributed by atoms with Crippen LogP contribution >= 0.6 is 0 Å². The summed E-state index contributed by atoms with van der Waals surface area (Å²) in [6.07, 6.45) is 0.545. The summed E-state index contributed by atoms with van der Waals surface area (Å²) in [5.41, 5.74) is 3.47. The zero-order valence-electron chi connectivity index (χ0n) is 9.92. The molecule has 0 spiro atoms. The largest absolute Gasteiger partial charge is 0.326 e. The molecule has 14 heavy (non-hydrogen) atoms. The lowest BCUT2D eigenvalue weighted by Crippen LogP contribution is -2.03. The number of amides is 1. The number of benzene rings is 1. The van der Waals surface area contributed by atoms with E-state index in [4.69, 9.17) is 1.37 Å². The molecule has 0 saturated heterocycles. The van der Waals surface area contributed by atoms with E-state index in [0.717, 1.165) is 5.69 Å². The van der Waals surface area contributed by atoms with Gasteiger partial charge in [0.05, 0.1) is 6.42 Å². The number of carbonyl (C=O) groups is 1. The van der Waals surface area contributed by atoms with E-state index in [1.54, 1.807) is 0 Å². The van der Waals surface area contributed by atoms with E-state index in [2.05, 4.69) is 25.2 Å². The van der Waals surface area contributed by atoms with Crippen molar-refractivity contribution in [1.82, 2.24) is 0 Å². The van der Waals surface area contributed by atoms with Gasteiger partial charge >= 0.3 is 0 Å². The van der Waals surface area contributed by atoms with Gasteiger partial charge in [0.25, 0.3) is 0 Å². The summed E-state index contributed by atoms with van der Waals surface area (Å²) in [6.45, 7) is 4.30. The van der Waals surface area contributed by atoms with Crippen molar-refractivity contribution < 1.29 is 6.17 Å². The minimum atomic E-state index is 0.114. The molecule has 1 aromatic carbocycles. The minimum Gasteiger partial charge on any atom is -0.326 e. The molecule has 1 aliphatic heterocycles. The molecule has 1 aromatic rings. The molecule has 0 fully saturated rings. The van der Waals surface area contributed by atoms with E-state index < -0.39 is 0 Å². The van der Waals surface area contributed by atoms with Crippen molar-refractivity contribution in [3.8, 4) is 0 Å². The summed E-state index contributed by atoms with van der Waals surface area (Å²) in [6, 6.07) is 6.07. The normalized spacial score (nSPS) is 14.0. The van der Waals surface area contributed by atoms with Gasteiger partial charge in [0.15, 0.2) is 0 Å². The summed E-state index contributed by atoms with van der Waals surface area (Å²) in [7, 11) is 1.25. The Morgan fingerprint density at radius 3 is 2.86 bits per heavy atom. The van der Waals surface area contributed by atoms with Gasteiger partial charge in [-0.1, -0.05) is 33.4 Å². The van der Waals surface area contributed by atoms with E-state index in [0.29, 0.717) is 12.3 Å². The Morgan fingerprint density at radius 1 is 1.50 bits per heavy atom. The molecule has 0 saturated carbocycles. The topological polar surface area (TPSA) is 29.1 Å². The van der Waals surface area contributed by atoms with Gasteiger partial charge in [0.2, 0.25) is 5.91 Å². The van der Waals surface area contributed by atoms with Crippen LogP contribution < -0.4 is 5.32 Å². The number of anilines is 1. The van der Waals surface area contributed by atoms with Crippen LogP contribution in [0, 0.1) is 0 Å². The number of nitrogens with one attached hydrogen (secondary N) is 1. The zero-order valence-corrected chi connectivity index (χ0v) is 8.92. The molecular weight excluding hydrogens is 174 g/mol. The van der Waals surface area contributed by atoms with Crippen LogP contribution in [0.4, 0.5) is 5.69 Å². The van der Waals surface area contributed by atoms with Gasteiger partial charge in [-0.3, -0.25) is 4.79 Å². The van der Waals surface area contributed by atoms with Gasteiger partial charge in [-0.05, 0) is 23.1 Å². The van der Waals surface area contributed by atoms with Crippen LogP contribution in [0.15, 0.2) is 18.2 Å². The average molecular weight is 193 g/mol. The highest BCUT2D eigenvalue weighted by Crippen LogP contribution is 2.30. The average Bonchev–Trinajstić information content (AvgIpc) is 2.60. The second kappa shape index (κ2) is 3.82. The lowest BCUT2D eigenvalue weighted by atomic mass is 9.96. The Labute approximate surface area is 86.7 Å². The standard InChI is InChI=1S/C11H13NO.CH4/c1-7(2)8-4-3-5-10-9(8)6-11(13)12-10;/h3-5,7H,6H2,1-2H3,(H,12,13);1H4/i;1T. The van der Waals surface area contributed by atoms with Crippen molar-refractivity contribution in [3.63, 3.8) is 0 Å². The van der Waals surface area contributed by atoms with Crippen LogP contribution in [0.1, 0.15) is 39.7 Å². The van der Waals surface area contributed by atoms with Crippen molar-refractivity contribution in [2.24, 2.45) is 0 Å². The molecule has 2 rings (SSSR count). The Bertz CT molecular complexity index is 361. The highest BCUT2D eigenvalue weighted by atomic mass is 16.1. The van der Waals surface area contributed by atoms with Gasteiger partial charge in [-0.25, -0.2) is 0 Å². The predicted octanol–water partition coefficient (Wildman–Crippen LogP) is 2.94. The number of carbonyl (C=O) groups excluding carboxylic acids is 1. The van der Waals surface area contributed by atoms with E-state index in [1.807, 2.05) is 12.1 Å². The smallest absolute Gasteiger partial charge is 0.228 e. The first-order chi connectivity index (χ1) is 7.18. The Hall–Kier alpha value is -1.31. The Kier molecular flexibility index (Phi) is 2.53. The van der Waals surface area contributed by atoms with Crippen LogP contribution in [0.2, 0.25) is 0 Å². The second-order valence-corrected chi connectivity index (χ2v) is 3.75. The third kappa shape index (κ3) is 1.65. The van der Waals surface area contributed by atoms with E-state index >= 15 is 0 Å². The maximum absolute atomic E-state index is 11.2. The van der Waals surface area contributed by atoms with Crippen molar-refractivity contribution >= 4 is 11.6 Å². The molecule has 0 radical (unpaired) electrons.